The predicted octanol–water partition coefficient (Wildman–Crippen LogP) is 3.09. The fourth-order valence-electron chi connectivity index (χ4n) is 3.10. The van der Waals surface area contributed by atoms with Crippen LogP contribution in [-0.2, 0) is 0 Å². The van der Waals surface area contributed by atoms with Crippen molar-refractivity contribution in [3.63, 3.8) is 0 Å². The van der Waals surface area contributed by atoms with Gasteiger partial charge in [0.15, 0.2) is 11.5 Å². The zero-order valence-electron chi connectivity index (χ0n) is 15.0. The minimum Gasteiger partial charge on any atom is -0.493 e. The zero-order chi connectivity index (χ0) is 17.2. The fourth-order valence-corrected chi connectivity index (χ4v) is 3.10. The molecule has 0 spiro atoms. The third-order valence-electron chi connectivity index (χ3n) is 4.53. The molecule has 0 saturated carbocycles. The molecule has 1 heterocycles. The van der Waals surface area contributed by atoms with E-state index in [9.17, 15) is 4.79 Å². The smallest absolute Gasteiger partial charge is 0.251 e. The number of nitrogens with zero attached hydrogens (tertiary/aromatic N) is 1. The lowest BCUT2D eigenvalue weighted by Gasteiger charge is -2.26. The maximum Gasteiger partial charge on any atom is 0.251 e. The van der Waals surface area contributed by atoms with Crippen molar-refractivity contribution in [2.24, 2.45) is 0 Å². The third-order valence-corrected chi connectivity index (χ3v) is 4.53. The lowest BCUT2D eigenvalue weighted by Crippen LogP contribution is -2.30. The third kappa shape index (κ3) is 5.71. The second kappa shape index (κ2) is 10.2. The summed E-state index contributed by atoms with van der Waals surface area (Å²) < 4.78 is 10.4. The molecule has 1 aliphatic heterocycles. The van der Waals surface area contributed by atoms with E-state index in [1.807, 2.05) is 0 Å². The molecule has 0 aromatic heterocycles. The molecule has 1 amide bonds. The number of piperidine rings is 1. The van der Waals surface area contributed by atoms with Gasteiger partial charge in [0.25, 0.3) is 5.91 Å². The van der Waals surface area contributed by atoms with Gasteiger partial charge in [-0.15, -0.1) is 0 Å². The summed E-state index contributed by atoms with van der Waals surface area (Å²) in [5, 5.41) is 2.98. The summed E-state index contributed by atoms with van der Waals surface area (Å²) in [5.41, 5.74) is 0.598. The molecular weight excluding hydrogens is 304 g/mol. The Balaban J connectivity index is 1.64. The van der Waals surface area contributed by atoms with Crippen molar-refractivity contribution in [1.29, 1.82) is 0 Å². The molecule has 2 rings (SSSR count). The number of hydrogen-bond donors (Lipinski definition) is 1. The van der Waals surface area contributed by atoms with Crippen LogP contribution in [0.5, 0.6) is 11.5 Å². The Hall–Kier alpha value is -1.75. The number of hydrogen-bond acceptors (Lipinski definition) is 4. The number of benzene rings is 1. The minimum atomic E-state index is -0.0630. The number of unbranched alkanes of at least 4 members (excludes halogenated alkanes) is 2. The fraction of sp³-hybridized carbons (Fsp3) is 0.632. The molecule has 24 heavy (non-hydrogen) atoms. The van der Waals surface area contributed by atoms with E-state index < -0.39 is 0 Å². The number of rotatable bonds is 9. The summed E-state index contributed by atoms with van der Waals surface area (Å²) in [6, 6.07) is 5.23. The number of carbonyl (C=O) groups is 1. The Morgan fingerprint density at radius 2 is 1.79 bits per heavy atom. The van der Waals surface area contributed by atoms with Crippen LogP contribution in [0.3, 0.4) is 0 Å². The maximum absolute atomic E-state index is 12.2. The summed E-state index contributed by atoms with van der Waals surface area (Å²) in [5.74, 6) is 1.14. The zero-order valence-corrected chi connectivity index (χ0v) is 15.0. The summed E-state index contributed by atoms with van der Waals surface area (Å²) >= 11 is 0. The van der Waals surface area contributed by atoms with E-state index in [0.29, 0.717) is 23.6 Å². The summed E-state index contributed by atoms with van der Waals surface area (Å²) in [6.07, 6.45) is 7.48. The van der Waals surface area contributed by atoms with Crippen molar-refractivity contribution in [2.75, 3.05) is 40.4 Å². The van der Waals surface area contributed by atoms with Crippen LogP contribution in [0.2, 0.25) is 0 Å². The molecule has 1 saturated heterocycles. The van der Waals surface area contributed by atoms with Gasteiger partial charge in [-0.1, -0.05) is 12.8 Å². The monoisotopic (exact) mass is 334 g/mol. The molecule has 5 nitrogen and oxygen atoms in total. The standard InChI is InChI=1S/C19H30N2O3/c1-23-17-10-9-16(15-18(17)24-2)19(22)20-11-5-3-6-12-21-13-7-4-8-14-21/h9-10,15H,3-8,11-14H2,1-2H3,(H,20,22). The van der Waals surface area contributed by atoms with Crippen molar-refractivity contribution < 1.29 is 14.3 Å². The molecule has 5 heteroatoms. The molecule has 0 radical (unpaired) electrons. The topological polar surface area (TPSA) is 50.8 Å². The highest BCUT2D eigenvalue weighted by Crippen LogP contribution is 2.27. The Labute approximate surface area is 145 Å². The number of methoxy groups -OCH3 is 2. The first kappa shape index (κ1) is 18.6. The minimum absolute atomic E-state index is 0.0630. The van der Waals surface area contributed by atoms with Crippen LogP contribution in [-0.4, -0.2) is 51.2 Å². The van der Waals surface area contributed by atoms with Gasteiger partial charge in [0.05, 0.1) is 14.2 Å². The van der Waals surface area contributed by atoms with E-state index >= 15 is 0 Å². The normalized spacial score (nSPS) is 15.1. The first-order valence-corrected chi connectivity index (χ1v) is 8.97. The van der Waals surface area contributed by atoms with Crippen LogP contribution in [0.25, 0.3) is 0 Å². The van der Waals surface area contributed by atoms with Crippen molar-refractivity contribution in [1.82, 2.24) is 10.2 Å². The lowest BCUT2D eigenvalue weighted by atomic mass is 10.1. The molecule has 1 aliphatic rings. The first-order chi connectivity index (χ1) is 11.7. The van der Waals surface area contributed by atoms with E-state index in [4.69, 9.17) is 9.47 Å². The molecule has 134 valence electrons. The molecule has 0 atom stereocenters. The highest BCUT2D eigenvalue weighted by atomic mass is 16.5. The van der Waals surface area contributed by atoms with E-state index in [-0.39, 0.29) is 5.91 Å². The maximum atomic E-state index is 12.2. The number of ether oxygens (including phenoxy) is 2. The van der Waals surface area contributed by atoms with Gasteiger partial charge in [-0.3, -0.25) is 4.79 Å². The summed E-state index contributed by atoms with van der Waals surface area (Å²) in [7, 11) is 3.16. The van der Waals surface area contributed by atoms with Gasteiger partial charge in [-0.2, -0.15) is 0 Å². The average molecular weight is 334 g/mol. The molecule has 1 fully saturated rings. The Bertz CT molecular complexity index is 513. The molecule has 1 aromatic carbocycles. The molecule has 0 aliphatic carbocycles. The van der Waals surface area contributed by atoms with Gasteiger partial charge < -0.3 is 19.7 Å². The lowest BCUT2D eigenvalue weighted by molar-refractivity contribution is 0.0952. The van der Waals surface area contributed by atoms with Crippen LogP contribution in [0.1, 0.15) is 48.9 Å². The van der Waals surface area contributed by atoms with Gasteiger partial charge in [-0.05, 0) is 63.5 Å². The van der Waals surface area contributed by atoms with Crippen LogP contribution in [0.4, 0.5) is 0 Å². The van der Waals surface area contributed by atoms with Crippen LogP contribution < -0.4 is 14.8 Å². The second-order valence-corrected chi connectivity index (χ2v) is 6.29. The number of carbonyl (C=O) groups excluding carboxylic acids is 1. The highest BCUT2D eigenvalue weighted by molar-refractivity contribution is 5.94. The number of likely N-dealkylation sites (tertiary alicyclic amines) is 1. The average Bonchev–Trinajstić information content (AvgIpc) is 2.64. The number of amides is 1. The van der Waals surface area contributed by atoms with Crippen LogP contribution >= 0.6 is 0 Å². The Morgan fingerprint density at radius 3 is 2.50 bits per heavy atom. The SMILES string of the molecule is COc1ccc(C(=O)NCCCCCN2CCCCC2)cc1OC. The molecular formula is C19H30N2O3. The Kier molecular flexibility index (Phi) is 7.89. The van der Waals surface area contributed by atoms with Crippen molar-refractivity contribution in [2.45, 2.75) is 38.5 Å². The summed E-state index contributed by atoms with van der Waals surface area (Å²) in [4.78, 5) is 14.7. The molecule has 1 N–H and O–H groups in total. The molecule has 0 unspecified atom stereocenters. The largest absolute Gasteiger partial charge is 0.493 e. The van der Waals surface area contributed by atoms with E-state index in [2.05, 4.69) is 10.2 Å². The molecule has 1 aromatic rings. The van der Waals surface area contributed by atoms with E-state index in [0.717, 1.165) is 12.8 Å². The van der Waals surface area contributed by atoms with Crippen molar-refractivity contribution >= 4 is 5.91 Å². The van der Waals surface area contributed by atoms with E-state index in [1.165, 1.54) is 45.3 Å². The molecule has 0 bridgehead atoms. The highest BCUT2D eigenvalue weighted by Gasteiger charge is 2.11. The summed E-state index contributed by atoms with van der Waals surface area (Å²) in [6.45, 7) is 4.43. The van der Waals surface area contributed by atoms with Crippen LogP contribution in [0.15, 0.2) is 18.2 Å². The van der Waals surface area contributed by atoms with Gasteiger partial charge in [0, 0.05) is 12.1 Å². The van der Waals surface area contributed by atoms with Gasteiger partial charge in [-0.25, -0.2) is 0 Å². The van der Waals surface area contributed by atoms with Gasteiger partial charge >= 0.3 is 0 Å². The van der Waals surface area contributed by atoms with Crippen molar-refractivity contribution in [3.8, 4) is 11.5 Å². The number of nitrogens with one attached hydrogen (secondary N) is 1. The Morgan fingerprint density at radius 1 is 1.04 bits per heavy atom. The second-order valence-electron chi connectivity index (χ2n) is 6.29. The van der Waals surface area contributed by atoms with Gasteiger partial charge in [0.2, 0.25) is 0 Å². The quantitative estimate of drug-likeness (QED) is 0.705. The van der Waals surface area contributed by atoms with E-state index in [1.54, 1.807) is 32.4 Å². The predicted molar refractivity (Wildman–Crippen MR) is 96.0 cm³/mol. The first-order valence-electron chi connectivity index (χ1n) is 8.97. The van der Waals surface area contributed by atoms with Crippen LogP contribution in [0, 0.1) is 0 Å². The van der Waals surface area contributed by atoms with Crippen molar-refractivity contribution in [3.05, 3.63) is 23.8 Å². The van der Waals surface area contributed by atoms with Gasteiger partial charge in [0.1, 0.15) is 0 Å².